The Bertz CT molecular complexity index is 346. The number of nitrogens with one attached hydrogen (secondary N) is 2. The van der Waals surface area contributed by atoms with E-state index in [0.29, 0.717) is 11.9 Å². The van der Waals surface area contributed by atoms with E-state index in [1.165, 1.54) is 31.0 Å². The van der Waals surface area contributed by atoms with Crippen LogP contribution < -0.4 is 10.9 Å². The van der Waals surface area contributed by atoms with Crippen LogP contribution >= 0.6 is 11.8 Å². The third-order valence-electron chi connectivity index (χ3n) is 2.19. The maximum Gasteiger partial charge on any atom is 0.252 e. The Hall–Kier alpha value is -0.970. The van der Waals surface area contributed by atoms with Gasteiger partial charge in [-0.3, -0.25) is 4.79 Å². The van der Waals surface area contributed by atoms with Crippen molar-refractivity contribution < 1.29 is 0 Å². The topological polar surface area (TPSA) is 57.8 Å². The summed E-state index contributed by atoms with van der Waals surface area (Å²) in [6, 6.07) is 1.96. The lowest BCUT2D eigenvalue weighted by molar-refractivity contribution is 0.682. The van der Waals surface area contributed by atoms with Crippen LogP contribution in [0.15, 0.2) is 17.2 Å². The summed E-state index contributed by atoms with van der Waals surface area (Å²) in [5.41, 5.74) is -0.106. The summed E-state index contributed by atoms with van der Waals surface area (Å²) in [4.78, 5) is 17.5. The number of thioether (sulfide) groups is 1. The zero-order chi connectivity index (χ0) is 9.80. The van der Waals surface area contributed by atoms with E-state index < -0.39 is 0 Å². The molecular weight excluding hydrogens is 198 g/mol. The van der Waals surface area contributed by atoms with Crippen LogP contribution in [0.2, 0.25) is 0 Å². The highest BCUT2D eigenvalue weighted by molar-refractivity contribution is 7.99. The van der Waals surface area contributed by atoms with Gasteiger partial charge in [0.1, 0.15) is 5.82 Å². The van der Waals surface area contributed by atoms with E-state index in [1.54, 1.807) is 0 Å². The average molecular weight is 211 g/mol. The summed E-state index contributed by atoms with van der Waals surface area (Å²) in [5.74, 6) is 3.04. The highest BCUT2D eigenvalue weighted by Crippen LogP contribution is 2.19. The fraction of sp³-hybridized carbons (Fsp3) is 0.556. The van der Waals surface area contributed by atoms with E-state index in [4.69, 9.17) is 0 Å². The molecule has 0 aromatic carbocycles. The van der Waals surface area contributed by atoms with Gasteiger partial charge in [-0.05, 0) is 18.6 Å². The van der Waals surface area contributed by atoms with Gasteiger partial charge in [-0.25, -0.2) is 4.98 Å². The van der Waals surface area contributed by atoms with Crippen LogP contribution in [0.25, 0.3) is 0 Å². The third-order valence-corrected chi connectivity index (χ3v) is 3.41. The van der Waals surface area contributed by atoms with Crippen molar-refractivity contribution in [3.63, 3.8) is 0 Å². The molecule has 1 unspecified atom stereocenters. The summed E-state index contributed by atoms with van der Waals surface area (Å²) in [6.45, 7) is 0. The first-order chi connectivity index (χ1) is 6.84. The number of aromatic nitrogens is 2. The first-order valence-electron chi connectivity index (χ1n) is 4.73. The lowest BCUT2D eigenvalue weighted by Gasteiger charge is -2.22. The molecule has 0 bridgehead atoms. The molecule has 2 N–H and O–H groups in total. The molecule has 1 fully saturated rings. The van der Waals surface area contributed by atoms with Gasteiger partial charge in [-0.15, -0.1) is 0 Å². The van der Waals surface area contributed by atoms with Gasteiger partial charge in [0.25, 0.3) is 5.56 Å². The van der Waals surface area contributed by atoms with Crippen molar-refractivity contribution in [3.8, 4) is 0 Å². The molecule has 14 heavy (non-hydrogen) atoms. The van der Waals surface area contributed by atoms with E-state index >= 15 is 0 Å². The van der Waals surface area contributed by atoms with Gasteiger partial charge in [-0.1, -0.05) is 0 Å². The molecule has 1 aliphatic heterocycles. The van der Waals surface area contributed by atoms with Gasteiger partial charge in [0.2, 0.25) is 0 Å². The Morgan fingerprint density at radius 1 is 1.64 bits per heavy atom. The zero-order valence-electron chi connectivity index (χ0n) is 7.82. The van der Waals surface area contributed by atoms with E-state index in [1.807, 2.05) is 11.8 Å². The smallest absolute Gasteiger partial charge is 0.252 e. The molecule has 76 valence electrons. The van der Waals surface area contributed by atoms with Crippen LogP contribution in [0.5, 0.6) is 0 Å². The van der Waals surface area contributed by atoms with Crippen LogP contribution in [0.4, 0.5) is 5.82 Å². The second-order valence-electron chi connectivity index (χ2n) is 3.35. The van der Waals surface area contributed by atoms with E-state index in [0.717, 1.165) is 5.75 Å². The van der Waals surface area contributed by atoms with Gasteiger partial charge in [-0.2, -0.15) is 11.8 Å². The van der Waals surface area contributed by atoms with Crippen LogP contribution in [-0.4, -0.2) is 27.5 Å². The highest BCUT2D eigenvalue weighted by Gasteiger charge is 2.13. The molecule has 1 saturated heterocycles. The molecule has 0 radical (unpaired) electrons. The molecule has 2 rings (SSSR count). The van der Waals surface area contributed by atoms with Crippen molar-refractivity contribution in [1.29, 1.82) is 0 Å². The van der Waals surface area contributed by atoms with Crippen molar-refractivity contribution in [2.45, 2.75) is 18.9 Å². The fourth-order valence-electron chi connectivity index (χ4n) is 1.51. The molecular formula is C9H13N3OS. The number of nitrogens with zero attached hydrogens (tertiary/aromatic N) is 1. The predicted octanol–water partition coefficient (Wildman–Crippen LogP) is 1.08. The summed E-state index contributed by atoms with van der Waals surface area (Å²) < 4.78 is 0. The first-order valence-corrected chi connectivity index (χ1v) is 5.89. The lowest BCUT2D eigenvalue weighted by atomic mass is 10.2. The molecule has 1 aromatic rings. The second kappa shape index (κ2) is 4.50. The van der Waals surface area contributed by atoms with E-state index in [9.17, 15) is 4.79 Å². The maximum absolute atomic E-state index is 11.0. The van der Waals surface area contributed by atoms with Crippen molar-refractivity contribution in [3.05, 3.63) is 22.7 Å². The largest absolute Gasteiger partial charge is 0.366 e. The zero-order valence-corrected chi connectivity index (χ0v) is 8.64. The van der Waals surface area contributed by atoms with Gasteiger partial charge in [0.05, 0.1) is 6.33 Å². The molecule has 1 atom stereocenters. The Morgan fingerprint density at radius 3 is 3.29 bits per heavy atom. The number of hydrogen-bond donors (Lipinski definition) is 2. The van der Waals surface area contributed by atoms with Crippen LogP contribution in [0, 0.1) is 0 Å². The van der Waals surface area contributed by atoms with Crippen LogP contribution in [0.3, 0.4) is 0 Å². The normalized spacial score (nSPS) is 21.9. The number of H-pyrrole nitrogens is 1. The van der Waals surface area contributed by atoms with Crippen molar-refractivity contribution in [2.75, 3.05) is 16.8 Å². The van der Waals surface area contributed by atoms with Crippen LogP contribution in [-0.2, 0) is 0 Å². The molecule has 2 heterocycles. The van der Waals surface area contributed by atoms with E-state index in [2.05, 4.69) is 15.3 Å². The maximum atomic E-state index is 11.0. The Morgan fingerprint density at radius 2 is 2.57 bits per heavy atom. The standard InChI is InChI=1S/C9H13N3OS/c13-9-4-8(10-6-11-9)12-7-2-1-3-14-5-7/h4,6-7H,1-3,5H2,(H2,10,11,12,13). The number of aromatic amines is 1. The quantitative estimate of drug-likeness (QED) is 0.768. The molecule has 0 spiro atoms. The lowest BCUT2D eigenvalue weighted by Crippen LogP contribution is -2.26. The molecule has 0 amide bonds. The molecule has 0 aliphatic carbocycles. The SMILES string of the molecule is O=c1cc(NC2CCCSC2)nc[nH]1. The minimum Gasteiger partial charge on any atom is -0.366 e. The van der Waals surface area contributed by atoms with Crippen molar-refractivity contribution >= 4 is 17.6 Å². The fourth-order valence-corrected chi connectivity index (χ4v) is 2.58. The first kappa shape index (κ1) is 9.58. The summed E-state index contributed by atoms with van der Waals surface area (Å²) in [5, 5.41) is 3.27. The second-order valence-corrected chi connectivity index (χ2v) is 4.50. The Labute approximate surface area is 86.5 Å². The third kappa shape index (κ3) is 2.51. The van der Waals surface area contributed by atoms with Gasteiger partial charge in [0.15, 0.2) is 0 Å². The monoisotopic (exact) mass is 211 g/mol. The highest BCUT2D eigenvalue weighted by atomic mass is 32.2. The van der Waals surface area contributed by atoms with Crippen LogP contribution in [0.1, 0.15) is 12.8 Å². The predicted molar refractivity (Wildman–Crippen MR) is 58.8 cm³/mol. The number of anilines is 1. The van der Waals surface area contributed by atoms with Crippen molar-refractivity contribution in [1.82, 2.24) is 9.97 Å². The Balaban J connectivity index is 1.99. The Kier molecular flexibility index (Phi) is 3.08. The van der Waals surface area contributed by atoms with Gasteiger partial charge < -0.3 is 10.3 Å². The number of hydrogen-bond acceptors (Lipinski definition) is 4. The molecule has 4 nitrogen and oxygen atoms in total. The van der Waals surface area contributed by atoms with Gasteiger partial charge >= 0.3 is 0 Å². The molecule has 5 heteroatoms. The van der Waals surface area contributed by atoms with E-state index in [-0.39, 0.29) is 5.56 Å². The summed E-state index contributed by atoms with van der Waals surface area (Å²) in [6.07, 6.45) is 3.84. The average Bonchev–Trinajstić information content (AvgIpc) is 2.19. The minimum atomic E-state index is -0.106. The molecule has 1 aromatic heterocycles. The summed E-state index contributed by atoms with van der Waals surface area (Å²) in [7, 11) is 0. The summed E-state index contributed by atoms with van der Waals surface area (Å²) >= 11 is 1.95. The number of rotatable bonds is 2. The molecule has 1 aliphatic rings. The minimum absolute atomic E-state index is 0.106. The van der Waals surface area contributed by atoms with Gasteiger partial charge in [0, 0.05) is 17.9 Å². The molecule has 0 saturated carbocycles. The van der Waals surface area contributed by atoms with Crippen molar-refractivity contribution in [2.24, 2.45) is 0 Å².